The predicted molar refractivity (Wildman–Crippen MR) is 73.7 cm³/mol. The molecule has 3 aromatic rings. The molecule has 5 nitrogen and oxygen atoms in total. The number of hydrogen-bond acceptors (Lipinski definition) is 5. The molecular formula is C15H15N3O2. The van der Waals surface area contributed by atoms with E-state index in [0.29, 0.717) is 11.7 Å². The summed E-state index contributed by atoms with van der Waals surface area (Å²) >= 11 is 0. The van der Waals surface area contributed by atoms with Crippen LogP contribution in [0.2, 0.25) is 0 Å². The monoisotopic (exact) mass is 269 g/mol. The van der Waals surface area contributed by atoms with Gasteiger partial charge in [0.25, 0.3) is 0 Å². The molecule has 5 heteroatoms. The van der Waals surface area contributed by atoms with E-state index in [2.05, 4.69) is 22.3 Å². The van der Waals surface area contributed by atoms with Gasteiger partial charge in [-0.3, -0.25) is 0 Å². The lowest BCUT2D eigenvalue weighted by atomic mass is 10.1. The zero-order valence-corrected chi connectivity index (χ0v) is 10.9. The molecule has 0 bridgehead atoms. The third-order valence-electron chi connectivity index (χ3n) is 3.13. The van der Waals surface area contributed by atoms with Crippen molar-refractivity contribution in [2.45, 2.75) is 18.9 Å². The lowest BCUT2D eigenvalue weighted by Gasteiger charge is -2.06. The molecule has 0 saturated carbocycles. The van der Waals surface area contributed by atoms with Gasteiger partial charge in [-0.25, -0.2) is 0 Å². The van der Waals surface area contributed by atoms with E-state index in [9.17, 15) is 0 Å². The molecular weight excluding hydrogens is 254 g/mol. The van der Waals surface area contributed by atoms with Gasteiger partial charge < -0.3 is 14.7 Å². The maximum atomic E-state index is 6.09. The van der Waals surface area contributed by atoms with Gasteiger partial charge in [0.1, 0.15) is 6.26 Å². The smallest absolute Gasteiger partial charge is 0.243 e. The number of hydrogen-bond donors (Lipinski definition) is 1. The highest BCUT2D eigenvalue weighted by atomic mass is 16.5. The number of aromatic nitrogens is 2. The highest BCUT2D eigenvalue weighted by Gasteiger charge is 2.16. The predicted octanol–water partition coefficient (Wildman–Crippen LogP) is 2.96. The summed E-state index contributed by atoms with van der Waals surface area (Å²) in [7, 11) is 0. The largest absolute Gasteiger partial charge is 0.472 e. The summed E-state index contributed by atoms with van der Waals surface area (Å²) in [5.41, 5.74) is 8.12. The van der Waals surface area contributed by atoms with Crippen molar-refractivity contribution < 1.29 is 8.94 Å². The maximum absolute atomic E-state index is 6.09. The van der Waals surface area contributed by atoms with E-state index in [4.69, 9.17) is 14.7 Å². The highest BCUT2D eigenvalue weighted by Crippen LogP contribution is 2.20. The van der Waals surface area contributed by atoms with Crippen molar-refractivity contribution in [1.29, 1.82) is 0 Å². The summed E-state index contributed by atoms with van der Waals surface area (Å²) in [4.78, 5) is 4.30. The summed E-state index contributed by atoms with van der Waals surface area (Å²) in [5, 5.41) is 3.91. The average molecular weight is 269 g/mol. The van der Waals surface area contributed by atoms with E-state index < -0.39 is 0 Å². The highest BCUT2D eigenvalue weighted by molar-refractivity contribution is 5.51. The van der Waals surface area contributed by atoms with Crippen LogP contribution in [0.25, 0.3) is 11.4 Å². The summed E-state index contributed by atoms with van der Waals surface area (Å²) in [5.74, 6) is 0.959. The van der Waals surface area contributed by atoms with E-state index >= 15 is 0 Å². The second-order valence-electron chi connectivity index (χ2n) is 4.60. The molecule has 0 fully saturated rings. The third-order valence-corrected chi connectivity index (χ3v) is 3.13. The fourth-order valence-electron chi connectivity index (χ4n) is 1.99. The lowest BCUT2D eigenvalue weighted by Crippen LogP contribution is -2.11. The fraction of sp³-hybridized carbons (Fsp3) is 0.200. The Hall–Kier alpha value is -2.40. The Morgan fingerprint density at radius 1 is 1.15 bits per heavy atom. The van der Waals surface area contributed by atoms with Crippen molar-refractivity contribution in [2.75, 3.05) is 0 Å². The fourth-order valence-corrected chi connectivity index (χ4v) is 1.99. The molecule has 0 amide bonds. The van der Waals surface area contributed by atoms with Gasteiger partial charge >= 0.3 is 0 Å². The van der Waals surface area contributed by atoms with E-state index in [1.807, 2.05) is 18.2 Å². The Kier molecular flexibility index (Phi) is 3.60. The van der Waals surface area contributed by atoms with Crippen molar-refractivity contribution >= 4 is 0 Å². The van der Waals surface area contributed by atoms with Gasteiger partial charge in [-0.15, -0.1) is 0 Å². The van der Waals surface area contributed by atoms with Crippen molar-refractivity contribution in [3.63, 3.8) is 0 Å². The molecule has 3 rings (SSSR count). The molecule has 1 atom stereocenters. The van der Waals surface area contributed by atoms with Gasteiger partial charge in [0.15, 0.2) is 0 Å². The zero-order valence-electron chi connectivity index (χ0n) is 10.9. The van der Waals surface area contributed by atoms with Gasteiger partial charge in [0.2, 0.25) is 11.7 Å². The van der Waals surface area contributed by atoms with Crippen molar-refractivity contribution in [2.24, 2.45) is 5.73 Å². The topological polar surface area (TPSA) is 78.1 Å². The summed E-state index contributed by atoms with van der Waals surface area (Å²) in [6.07, 6.45) is 4.79. The van der Waals surface area contributed by atoms with Crippen molar-refractivity contribution in [3.05, 3.63) is 60.4 Å². The van der Waals surface area contributed by atoms with Crippen LogP contribution in [0.15, 0.2) is 57.9 Å². The quantitative estimate of drug-likeness (QED) is 0.770. The third kappa shape index (κ3) is 2.78. The number of rotatable bonds is 5. The van der Waals surface area contributed by atoms with Gasteiger partial charge in [0.05, 0.1) is 17.9 Å². The summed E-state index contributed by atoms with van der Waals surface area (Å²) in [6.45, 7) is 0. The minimum Gasteiger partial charge on any atom is -0.472 e. The Bertz CT molecular complexity index is 647. The number of benzene rings is 1. The first-order chi connectivity index (χ1) is 9.83. The van der Waals surface area contributed by atoms with Crippen LogP contribution < -0.4 is 5.73 Å². The van der Waals surface area contributed by atoms with Crippen LogP contribution in [0.5, 0.6) is 0 Å². The molecule has 2 heterocycles. The first kappa shape index (κ1) is 12.6. The number of furan rings is 1. The molecule has 0 aliphatic carbocycles. The first-order valence-electron chi connectivity index (χ1n) is 6.48. The minimum absolute atomic E-state index is 0.261. The van der Waals surface area contributed by atoms with Gasteiger partial charge in [-0.05, 0) is 24.5 Å². The normalized spacial score (nSPS) is 12.4. The van der Waals surface area contributed by atoms with Crippen LogP contribution in [-0.2, 0) is 6.42 Å². The standard InChI is InChI=1S/C15H15N3O2/c16-13(7-6-11-4-2-1-3-5-11)15-17-14(18-20-15)12-8-9-19-10-12/h1-5,8-10,13H,6-7,16H2. The van der Waals surface area contributed by atoms with Crippen LogP contribution in [0.1, 0.15) is 23.9 Å². The molecule has 102 valence electrons. The molecule has 2 N–H and O–H groups in total. The SMILES string of the molecule is NC(CCc1ccccc1)c1nc(-c2ccoc2)no1. The Labute approximate surface area is 116 Å². The summed E-state index contributed by atoms with van der Waals surface area (Å²) < 4.78 is 10.2. The molecule has 0 aliphatic heterocycles. The molecule has 1 unspecified atom stereocenters. The second-order valence-corrected chi connectivity index (χ2v) is 4.60. The van der Waals surface area contributed by atoms with E-state index in [-0.39, 0.29) is 6.04 Å². The minimum atomic E-state index is -0.261. The zero-order chi connectivity index (χ0) is 13.8. The number of aryl methyl sites for hydroxylation is 1. The first-order valence-corrected chi connectivity index (χ1v) is 6.48. The molecule has 0 aliphatic rings. The molecule has 0 radical (unpaired) electrons. The van der Waals surface area contributed by atoms with E-state index in [1.165, 1.54) is 5.56 Å². The van der Waals surface area contributed by atoms with Gasteiger partial charge in [-0.1, -0.05) is 35.5 Å². The summed E-state index contributed by atoms with van der Waals surface area (Å²) in [6, 6.07) is 11.7. The second kappa shape index (κ2) is 5.71. The lowest BCUT2D eigenvalue weighted by molar-refractivity contribution is 0.349. The van der Waals surface area contributed by atoms with Crippen LogP contribution >= 0.6 is 0 Å². The van der Waals surface area contributed by atoms with Crippen molar-refractivity contribution in [1.82, 2.24) is 10.1 Å². The molecule has 0 spiro atoms. The Morgan fingerprint density at radius 3 is 2.75 bits per heavy atom. The molecule has 2 aromatic heterocycles. The average Bonchev–Trinajstić information content (AvgIpc) is 3.16. The number of nitrogens with two attached hydrogens (primary N) is 1. The Balaban J connectivity index is 1.64. The van der Waals surface area contributed by atoms with Crippen LogP contribution in [-0.4, -0.2) is 10.1 Å². The van der Waals surface area contributed by atoms with Crippen molar-refractivity contribution in [3.8, 4) is 11.4 Å². The van der Waals surface area contributed by atoms with Crippen LogP contribution in [0.4, 0.5) is 0 Å². The molecule has 0 saturated heterocycles. The molecule has 20 heavy (non-hydrogen) atoms. The number of nitrogens with zero attached hydrogens (tertiary/aromatic N) is 2. The van der Waals surface area contributed by atoms with E-state index in [0.717, 1.165) is 18.4 Å². The van der Waals surface area contributed by atoms with E-state index in [1.54, 1.807) is 18.6 Å². The van der Waals surface area contributed by atoms with Crippen LogP contribution in [0.3, 0.4) is 0 Å². The van der Waals surface area contributed by atoms with Crippen LogP contribution in [0, 0.1) is 0 Å². The maximum Gasteiger partial charge on any atom is 0.243 e. The van der Waals surface area contributed by atoms with Gasteiger partial charge in [-0.2, -0.15) is 4.98 Å². The van der Waals surface area contributed by atoms with Gasteiger partial charge in [0, 0.05) is 0 Å². The molecule has 1 aromatic carbocycles. The Morgan fingerprint density at radius 2 is 2.00 bits per heavy atom.